The lowest BCUT2D eigenvalue weighted by Crippen LogP contribution is -2.48. The molecule has 2 atom stereocenters. The lowest BCUT2D eigenvalue weighted by atomic mass is 10.0. The van der Waals surface area contributed by atoms with E-state index in [2.05, 4.69) is 25.3 Å². The number of tetrazole rings is 1. The molecule has 0 saturated carbocycles. The minimum Gasteiger partial charge on any atom is -0.376 e. The molecule has 5 rings (SSSR count). The minimum atomic E-state index is -0.400. The molecular weight excluding hydrogens is 414 g/mol. The van der Waals surface area contributed by atoms with Crippen molar-refractivity contribution in [2.45, 2.75) is 31.5 Å². The van der Waals surface area contributed by atoms with Crippen molar-refractivity contribution in [1.82, 2.24) is 25.1 Å². The fourth-order valence-corrected chi connectivity index (χ4v) is 4.60. The highest BCUT2D eigenvalue weighted by molar-refractivity contribution is 5.46. The summed E-state index contributed by atoms with van der Waals surface area (Å²) in [5.74, 6) is 0.107. The van der Waals surface area contributed by atoms with Gasteiger partial charge in [-0.25, -0.2) is 13.5 Å². The van der Waals surface area contributed by atoms with E-state index in [0.29, 0.717) is 31.0 Å². The summed E-state index contributed by atoms with van der Waals surface area (Å²) >= 11 is 0. The number of halogens is 2. The Morgan fingerprint density at radius 3 is 2.50 bits per heavy atom. The Morgan fingerprint density at radius 2 is 1.78 bits per heavy atom. The van der Waals surface area contributed by atoms with Crippen molar-refractivity contribution in [1.29, 1.82) is 0 Å². The Labute approximate surface area is 185 Å². The quantitative estimate of drug-likeness (QED) is 0.587. The van der Waals surface area contributed by atoms with Gasteiger partial charge in [0.15, 0.2) is 5.82 Å². The molecule has 7 nitrogen and oxygen atoms in total. The third kappa shape index (κ3) is 4.35. The zero-order valence-electron chi connectivity index (χ0n) is 17.8. The average Bonchev–Trinajstić information content (AvgIpc) is 3.49. The van der Waals surface area contributed by atoms with Gasteiger partial charge in [0.05, 0.1) is 12.6 Å². The van der Waals surface area contributed by atoms with E-state index in [-0.39, 0.29) is 17.7 Å². The molecule has 9 heteroatoms. The van der Waals surface area contributed by atoms with Crippen molar-refractivity contribution in [3.8, 4) is 0 Å². The number of piperazine rings is 1. The van der Waals surface area contributed by atoms with E-state index >= 15 is 0 Å². The normalized spacial score (nSPS) is 20.6. The van der Waals surface area contributed by atoms with Crippen LogP contribution >= 0.6 is 0 Å². The van der Waals surface area contributed by atoms with Crippen molar-refractivity contribution in [2.24, 2.45) is 0 Å². The summed E-state index contributed by atoms with van der Waals surface area (Å²) in [6.45, 7) is 4.19. The van der Waals surface area contributed by atoms with Crippen LogP contribution < -0.4 is 4.90 Å². The van der Waals surface area contributed by atoms with E-state index < -0.39 is 6.04 Å². The highest BCUT2D eigenvalue weighted by Gasteiger charge is 2.33. The smallest absolute Gasteiger partial charge is 0.173 e. The minimum absolute atomic E-state index is 0.0776. The van der Waals surface area contributed by atoms with Crippen LogP contribution in [0.4, 0.5) is 14.5 Å². The molecule has 2 aliphatic rings. The van der Waals surface area contributed by atoms with E-state index in [4.69, 9.17) is 4.74 Å². The zero-order valence-corrected chi connectivity index (χ0v) is 17.8. The predicted octanol–water partition coefficient (Wildman–Crippen LogP) is 3.04. The number of ether oxygens (including phenoxy) is 1. The number of anilines is 1. The van der Waals surface area contributed by atoms with Crippen LogP contribution in [-0.4, -0.2) is 64.0 Å². The molecule has 2 saturated heterocycles. The maximum atomic E-state index is 14.9. The molecule has 2 aliphatic heterocycles. The first-order valence-corrected chi connectivity index (χ1v) is 11.1. The summed E-state index contributed by atoms with van der Waals surface area (Å²) in [5, 5.41) is 12.4. The van der Waals surface area contributed by atoms with Crippen molar-refractivity contribution >= 4 is 5.69 Å². The first kappa shape index (κ1) is 21.0. The third-order valence-electron chi connectivity index (χ3n) is 6.28. The molecule has 168 valence electrons. The van der Waals surface area contributed by atoms with Gasteiger partial charge in [0, 0.05) is 44.0 Å². The van der Waals surface area contributed by atoms with E-state index in [9.17, 15) is 8.78 Å². The second-order valence-corrected chi connectivity index (χ2v) is 8.28. The molecule has 32 heavy (non-hydrogen) atoms. The molecule has 0 unspecified atom stereocenters. The topological polar surface area (TPSA) is 59.3 Å². The Bertz CT molecular complexity index is 1030. The fraction of sp³-hybridized carbons (Fsp3) is 0.435. The molecule has 3 heterocycles. The molecular formula is C23H26F2N6O. The van der Waals surface area contributed by atoms with Gasteiger partial charge in [-0.05, 0) is 53.6 Å². The highest BCUT2D eigenvalue weighted by atomic mass is 19.1. The van der Waals surface area contributed by atoms with Crippen LogP contribution in [0.2, 0.25) is 0 Å². The first-order valence-electron chi connectivity index (χ1n) is 11.1. The van der Waals surface area contributed by atoms with Gasteiger partial charge in [-0.1, -0.05) is 18.2 Å². The molecule has 0 radical (unpaired) electrons. The number of rotatable bonds is 6. The lowest BCUT2D eigenvalue weighted by molar-refractivity contribution is 0.0906. The van der Waals surface area contributed by atoms with Crippen LogP contribution in [0.3, 0.4) is 0 Å². The summed E-state index contributed by atoms with van der Waals surface area (Å²) in [6.07, 6.45) is 2.08. The lowest BCUT2D eigenvalue weighted by Gasteiger charge is -2.40. The fourth-order valence-electron chi connectivity index (χ4n) is 4.60. The van der Waals surface area contributed by atoms with Crippen LogP contribution in [0.1, 0.15) is 30.3 Å². The van der Waals surface area contributed by atoms with Crippen molar-refractivity contribution in [2.75, 3.05) is 37.7 Å². The van der Waals surface area contributed by atoms with Crippen LogP contribution in [0.5, 0.6) is 0 Å². The zero-order chi connectivity index (χ0) is 21.9. The number of benzene rings is 2. The number of aromatic nitrogens is 4. The van der Waals surface area contributed by atoms with Crippen molar-refractivity contribution in [3.63, 3.8) is 0 Å². The maximum absolute atomic E-state index is 14.9. The average molecular weight is 440 g/mol. The summed E-state index contributed by atoms with van der Waals surface area (Å²) in [5.41, 5.74) is 1.54. The number of hydrogen-bond acceptors (Lipinski definition) is 6. The van der Waals surface area contributed by atoms with E-state index in [1.165, 1.54) is 18.2 Å². The van der Waals surface area contributed by atoms with Crippen LogP contribution in [0.25, 0.3) is 0 Å². The van der Waals surface area contributed by atoms with Gasteiger partial charge < -0.3 is 9.64 Å². The van der Waals surface area contributed by atoms with Crippen LogP contribution in [0.15, 0.2) is 48.5 Å². The Balaban J connectivity index is 1.40. The van der Waals surface area contributed by atoms with Gasteiger partial charge in [0.1, 0.15) is 17.7 Å². The van der Waals surface area contributed by atoms with E-state index in [1.807, 2.05) is 6.07 Å². The maximum Gasteiger partial charge on any atom is 0.173 e. The van der Waals surface area contributed by atoms with Crippen LogP contribution in [-0.2, 0) is 11.3 Å². The first-order chi connectivity index (χ1) is 15.7. The Kier molecular flexibility index (Phi) is 6.09. The molecule has 0 spiro atoms. The van der Waals surface area contributed by atoms with Gasteiger partial charge in [-0.2, -0.15) is 0 Å². The largest absolute Gasteiger partial charge is 0.376 e. The van der Waals surface area contributed by atoms with E-state index in [0.717, 1.165) is 38.2 Å². The SMILES string of the molecule is Fc1ccc(N2CCN([C@@H](c3ccccc3F)c3nnnn3C[C@H]3CCCO3)CC2)cc1. The molecule has 0 bridgehead atoms. The van der Waals surface area contributed by atoms with Gasteiger partial charge in [0.2, 0.25) is 0 Å². The molecule has 3 aromatic rings. The van der Waals surface area contributed by atoms with Gasteiger partial charge in [-0.15, -0.1) is 5.10 Å². The van der Waals surface area contributed by atoms with Crippen molar-refractivity contribution in [3.05, 3.63) is 71.6 Å². The molecule has 2 aromatic carbocycles. The highest BCUT2D eigenvalue weighted by Crippen LogP contribution is 2.31. The molecule has 0 N–H and O–H groups in total. The third-order valence-corrected chi connectivity index (χ3v) is 6.28. The molecule has 2 fully saturated rings. The summed E-state index contributed by atoms with van der Waals surface area (Å²) in [4.78, 5) is 4.43. The van der Waals surface area contributed by atoms with Crippen LogP contribution in [0, 0.1) is 11.6 Å². The van der Waals surface area contributed by atoms with Crippen molar-refractivity contribution < 1.29 is 13.5 Å². The molecule has 0 aliphatic carbocycles. The molecule has 1 aromatic heterocycles. The van der Waals surface area contributed by atoms with Gasteiger partial charge in [-0.3, -0.25) is 4.90 Å². The number of hydrogen-bond donors (Lipinski definition) is 0. The van der Waals surface area contributed by atoms with Gasteiger partial charge in [0.25, 0.3) is 0 Å². The Hall–Kier alpha value is -2.91. The number of nitrogens with zero attached hydrogens (tertiary/aromatic N) is 6. The summed E-state index contributed by atoms with van der Waals surface area (Å²) in [7, 11) is 0. The Morgan fingerprint density at radius 1 is 1.00 bits per heavy atom. The standard InChI is InChI=1S/C23H26F2N6O/c24-17-7-9-18(10-8-17)29-11-13-30(14-12-29)22(20-5-1-2-6-21(20)25)23-26-27-28-31(23)16-19-4-3-15-32-19/h1-2,5-10,19,22H,3-4,11-16H2/t19-,22+/m1/s1. The van der Waals surface area contributed by atoms with Gasteiger partial charge >= 0.3 is 0 Å². The summed E-state index contributed by atoms with van der Waals surface area (Å²) in [6, 6.07) is 13.0. The monoisotopic (exact) mass is 440 g/mol. The van der Waals surface area contributed by atoms with E-state index in [1.54, 1.807) is 28.9 Å². The summed E-state index contributed by atoms with van der Waals surface area (Å²) < 4.78 is 35.8. The second kappa shape index (κ2) is 9.30. The second-order valence-electron chi connectivity index (χ2n) is 8.28. The predicted molar refractivity (Wildman–Crippen MR) is 115 cm³/mol. The molecule has 0 amide bonds.